The van der Waals surface area contributed by atoms with Crippen LogP contribution in [0.25, 0.3) is 10.9 Å². The average Bonchev–Trinajstić information content (AvgIpc) is 2.26. The van der Waals surface area contributed by atoms with Gasteiger partial charge >= 0.3 is 0 Å². The van der Waals surface area contributed by atoms with Crippen LogP contribution in [-0.2, 0) is 6.42 Å². The van der Waals surface area contributed by atoms with Gasteiger partial charge in [0.05, 0.1) is 11.6 Å². The molecule has 0 aliphatic heterocycles. The Labute approximate surface area is 91.1 Å². The third kappa shape index (κ3) is 1.94. The van der Waals surface area contributed by atoms with Gasteiger partial charge in [-0.3, -0.25) is 4.79 Å². The Balaban J connectivity index is 2.55. The molecule has 0 saturated carbocycles. The third-order valence-corrected chi connectivity index (χ3v) is 2.39. The highest BCUT2D eigenvalue weighted by Crippen LogP contribution is 2.13. The maximum Gasteiger partial charge on any atom is 0.251 e. The predicted molar refractivity (Wildman–Crippen MR) is 58.5 cm³/mol. The van der Waals surface area contributed by atoms with Crippen molar-refractivity contribution in [1.29, 1.82) is 5.26 Å². The lowest BCUT2D eigenvalue weighted by molar-refractivity contribution is 0.629. The molecule has 3 nitrogen and oxygen atoms in total. The molecule has 0 aliphatic rings. The van der Waals surface area contributed by atoms with Gasteiger partial charge in [0.2, 0.25) is 0 Å². The Morgan fingerprint density at radius 1 is 1.38 bits per heavy atom. The van der Waals surface area contributed by atoms with Crippen LogP contribution in [0.2, 0.25) is 0 Å². The number of rotatable bonds is 2. The summed E-state index contributed by atoms with van der Waals surface area (Å²) in [7, 11) is 0. The molecule has 0 saturated heterocycles. The van der Waals surface area contributed by atoms with Crippen LogP contribution in [0.4, 0.5) is 4.39 Å². The van der Waals surface area contributed by atoms with Gasteiger partial charge in [0.1, 0.15) is 5.82 Å². The number of halogens is 1. The van der Waals surface area contributed by atoms with E-state index in [9.17, 15) is 9.18 Å². The molecule has 1 aromatic heterocycles. The van der Waals surface area contributed by atoms with Gasteiger partial charge in [-0.2, -0.15) is 5.26 Å². The second-order valence-corrected chi connectivity index (χ2v) is 3.51. The van der Waals surface area contributed by atoms with E-state index in [-0.39, 0.29) is 11.4 Å². The zero-order valence-corrected chi connectivity index (χ0v) is 8.46. The van der Waals surface area contributed by atoms with E-state index in [1.807, 2.05) is 6.07 Å². The van der Waals surface area contributed by atoms with E-state index in [0.29, 0.717) is 23.9 Å². The minimum atomic E-state index is -0.382. The molecular weight excluding hydrogens is 207 g/mol. The van der Waals surface area contributed by atoms with E-state index in [0.717, 1.165) is 5.39 Å². The van der Waals surface area contributed by atoms with Gasteiger partial charge in [-0.15, -0.1) is 0 Å². The minimum absolute atomic E-state index is 0.256. The molecular formula is C12H9FN2O. The number of fused-ring (bicyclic) bond motifs is 1. The minimum Gasteiger partial charge on any atom is -0.322 e. The van der Waals surface area contributed by atoms with Crippen LogP contribution in [0.5, 0.6) is 0 Å². The van der Waals surface area contributed by atoms with Crippen LogP contribution in [0.3, 0.4) is 0 Å². The normalized spacial score (nSPS) is 10.2. The lowest BCUT2D eigenvalue weighted by Crippen LogP contribution is -2.12. The molecule has 2 aromatic rings. The van der Waals surface area contributed by atoms with Crippen molar-refractivity contribution in [2.75, 3.05) is 0 Å². The number of nitrogens with one attached hydrogen (secondary N) is 1. The highest BCUT2D eigenvalue weighted by atomic mass is 19.1. The molecule has 4 heteroatoms. The highest BCUT2D eigenvalue weighted by molar-refractivity contribution is 5.78. The molecule has 0 amide bonds. The van der Waals surface area contributed by atoms with Gasteiger partial charge in [-0.05, 0) is 36.1 Å². The maximum absolute atomic E-state index is 12.9. The lowest BCUT2D eigenvalue weighted by Gasteiger charge is -2.01. The van der Waals surface area contributed by atoms with E-state index in [1.54, 1.807) is 12.1 Å². The van der Waals surface area contributed by atoms with Crippen LogP contribution in [0.15, 0.2) is 29.1 Å². The zero-order valence-electron chi connectivity index (χ0n) is 8.46. The van der Waals surface area contributed by atoms with E-state index in [2.05, 4.69) is 4.98 Å². The Morgan fingerprint density at radius 2 is 2.19 bits per heavy atom. The molecule has 0 spiro atoms. The zero-order chi connectivity index (χ0) is 11.5. The number of aryl methyl sites for hydroxylation is 1. The van der Waals surface area contributed by atoms with Crippen molar-refractivity contribution in [1.82, 2.24) is 4.98 Å². The maximum atomic E-state index is 12.9. The second-order valence-electron chi connectivity index (χ2n) is 3.51. The lowest BCUT2D eigenvalue weighted by atomic mass is 10.1. The summed E-state index contributed by atoms with van der Waals surface area (Å²) in [4.78, 5) is 14.2. The number of H-pyrrole nitrogens is 1. The highest BCUT2D eigenvalue weighted by Gasteiger charge is 2.03. The van der Waals surface area contributed by atoms with Crippen LogP contribution < -0.4 is 5.56 Å². The molecule has 1 N–H and O–H groups in total. The van der Waals surface area contributed by atoms with Crippen molar-refractivity contribution in [2.45, 2.75) is 12.8 Å². The average molecular weight is 216 g/mol. The number of aromatic nitrogens is 1. The molecule has 2 rings (SSSR count). The number of nitrogens with zero attached hydrogens (tertiary/aromatic N) is 1. The van der Waals surface area contributed by atoms with Crippen LogP contribution in [0, 0.1) is 17.1 Å². The summed E-state index contributed by atoms with van der Waals surface area (Å²) < 4.78 is 12.9. The largest absolute Gasteiger partial charge is 0.322 e. The first-order valence-corrected chi connectivity index (χ1v) is 4.89. The number of hydrogen-bond acceptors (Lipinski definition) is 2. The molecule has 0 aliphatic carbocycles. The summed E-state index contributed by atoms with van der Waals surface area (Å²) >= 11 is 0. The van der Waals surface area contributed by atoms with E-state index >= 15 is 0 Å². The number of benzene rings is 1. The topological polar surface area (TPSA) is 56.6 Å². The van der Waals surface area contributed by atoms with Crippen molar-refractivity contribution >= 4 is 10.9 Å². The van der Waals surface area contributed by atoms with Gasteiger partial charge in [0.15, 0.2) is 0 Å². The van der Waals surface area contributed by atoms with Crippen molar-refractivity contribution in [2.24, 2.45) is 0 Å². The number of aromatic amines is 1. The molecule has 80 valence electrons. The molecule has 0 atom stereocenters. The quantitative estimate of drug-likeness (QED) is 0.835. The predicted octanol–water partition coefficient (Wildman–Crippen LogP) is 2.12. The molecule has 1 heterocycles. The van der Waals surface area contributed by atoms with Gasteiger partial charge in [0.25, 0.3) is 5.56 Å². The van der Waals surface area contributed by atoms with Crippen LogP contribution in [0.1, 0.15) is 12.0 Å². The summed E-state index contributed by atoms with van der Waals surface area (Å²) in [5.74, 6) is -0.382. The van der Waals surface area contributed by atoms with Gasteiger partial charge in [-0.25, -0.2) is 4.39 Å². The standard InChI is InChI=1S/C12H9FN2O/c13-10-4-3-8-6-9(2-1-5-14)12(16)15-11(8)7-10/h3-4,6-7H,1-2H2,(H,15,16). The van der Waals surface area contributed by atoms with Crippen molar-refractivity contribution in [3.63, 3.8) is 0 Å². The van der Waals surface area contributed by atoms with Gasteiger partial charge in [0, 0.05) is 12.0 Å². The van der Waals surface area contributed by atoms with Crippen molar-refractivity contribution in [3.8, 4) is 6.07 Å². The molecule has 1 aromatic carbocycles. The van der Waals surface area contributed by atoms with Gasteiger partial charge < -0.3 is 4.98 Å². The Hall–Kier alpha value is -2.15. The van der Waals surface area contributed by atoms with Crippen LogP contribution in [-0.4, -0.2) is 4.98 Å². The number of pyridine rings is 1. The molecule has 0 bridgehead atoms. The summed E-state index contributed by atoms with van der Waals surface area (Å²) in [6.07, 6.45) is 0.717. The number of nitriles is 1. The first kappa shape index (κ1) is 10.4. The van der Waals surface area contributed by atoms with Crippen molar-refractivity contribution < 1.29 is 4.39 Å². The van der Waals surface area contributed by atoms with Crippen LogP contribution >= 0.6 is 0 Å². The smallest absolute Gasteiger partial charge is 0.251 e. The summed E-state index contributed by atoms with van der Waals surface area (Å²) in [6.45, 7) is 0. The van der Waals surface area contributed by atoms with Crippen molar-refractivity contribution in [3.05, 3.63) is 46.0 Å². The van der Waals surface area contributed by atoms with E-state index in [1.165, 1.54) is 12.1 Å². The fourth-order valence-electron chi connectivity index (χ4n) is 1.59. The molecule has 16 heavy (non-hydrogen) atoms. The first-order valence-electron chi connectivity index (χ1n) is 4.89. The Morgan fingerprint density at radius 3 is 2.94 bits per heavy atom. The fraction of sp³-hybridized carbons (Fsp3) is 0.167. The van der Waals surface area contributed by atoms with E-state index < -0.39 is 0 Å². The SMILES string of the molecule is N#CCCc1cc2ccc(F)cc2[nH]c1=O. The first-order chi connectivity index (χ1) is 7.70. The summed E-state index contributed by atoms with van der Waals surface area (Å²) in [5.41, 5.74) is 0.778. The third-order valence-electron chi connectivity index (χ3n) is 2.39. The molecule has 0 fully saturated rings. The van der Waals surface area contributed by atoms with Gasteiger partial charge in [-0.1, -0.05) is 0 Å². The Kier molecular flexibility index (Phi) is 2.69. The summed E-state index contributed by atoms with van der Waals surface area (Å²) in [5, 5.41) is 9.23. The second kappa shape index (κ2) is 4.15. The number of hydrogen-bond donors (Lipinski definition) is 1. The van der Waals surface area contributed by atoms with E-state index in [4.69, 9.17) is 5.26 Å². The molecule has 0 unspecified atom stereocenters. The Bertz CT molecular complexity index is 625. The monoisotopic (exact) mass is 216 g/mol. The fourth-order valence-corrected chi connectivity index (χ4v) is 1.59. The summed E-state index contributed by atoms with van der Waals surface area (Å²) in [6, 6.07) is 7.92. The molecule has 0 radical (unpaired) electrons.